The Balaban J connectivity index is 2.61. The second-order valence-corrected chi connectivity index (χ2v) is 5.12. The van der Waals surface area contributed by atoms with Crippen LogP contribution in [-0.2, 0) is 4.79 Å². The van der Waals surface area contributed by atoms with Crippen molar-refractivity contribution >= 4 is 17.6 Å². The second kappa shape index (κ2) is 7.49. The highest BCUT2D eigenvalue weighted by Crippen LogP contribution is 2.09. The number of nitrogens with one attached hydrogen (secondary N) is 3. The summed E-state index contributed by atoms with van der Waals surface area (Å²) < 4.78 is 0. The molecule has 0 saturated heterocycles. The van der Waals surface area contributed by atoms with E-state index in [0.29, 0.717) is 12.1 Å². The van der Waals surface area contributed by atoms with Gasteiger partial charge in [-0.25, -0.2) is 10.3 Å². The average molecular weight is 279 g/mol. The fourth-order valence-electron chi connectivity index (χ4n) is 1.74. The van der Waals surface area contributed by atoms with E-state index in [1.54, 1.807) is 17.6 Å². The smallest absolute Gasteiger partial charge is 0.319 e. The molecule has 110 valence electrons. The van der Waals surface area contributed by atoms with E-state index in [1.807, 2.05) is 32.9 Å². The summed E-state index contributed by atoms with van der Waals surface area (Å²) in [5.74, 6) is -0.422. The number of carbonyl (C=O) groups is 2. The SMILES string of the molecule is Cc1ccc(NC(=O)N[C@@H](CC(C)C)C(=O)NO)cc1. The maximum atomic E-state index is 11.8. The van der Waals surface area contributed by atoms with Crippen LogP contribution in [0.1, 0.15) is 25.8 Å². The molecule has 1 aromatic rings. The van der Waals surface area contributed by atoms with Crippen LogP contribution < -0.4 is 16.1 Å². The van der Waals surface area contributed by atoms with Crippen molar-refractivity contribution in [1.82, 2.24) is 10.8 Å². The molecule has 0 bridgehead atoms. The van der Waals surface area contributed by atoms with Gasteiger partial charge in [-0.05, 0) is 31.4 Å². The number of hydrogen-bond acceptors (Lipinski definition) is 3. The third-order valence-corrected chi connectivity index (χ3v) is 2.75. The number of carbonyl (C=O) groups excluding carboxylic acids is 2. The van der Waals surface area contributed by atoms with Gasteiger partial charge in [0, 0.05) is 5.69 Å². The molecule has 0 aliphatic carbocycles. The minimum absolute atomic E-state index is 0.206. The van der Waals surface area contributed by atoms with Crippen LogP contribution in [-0.4, -0.2) is 23.2 Å². The van der Waals surface area contributed by atoms with Gasteiger partial charge in [0.2, 0.25) is 0 Å². The fourth-order valence-corrected chi connectivity index (χ4v) is 1.74. The van der Waals surface area contributed by atoms with E-state index < -0.39 is 18.0 Å². The summed E-state index contributed by atoms with van der Waals surface area (Å²) in [7, 11) is 0. The zero-order valence-electron chi connectivity index (χ0n) is 11.9. The molecule has 3 amide bonds. The summed E-state index contributed by atoms with van der Waals surface area (Å²) in [6.07, 6.45) is 0.438. The number of rotatable bonds is 5. The van der Waals surface area contributed by atoms with Crippen LogP contribution in [0.2, 0.25) is 0 Å². The lowest BCUT2D eigenvalue weighted by Crippen LogP contribution is -2.48. The van der Waals surface area contributed by atoms with Crippen molar-refractivity contribution in [2.75, 3.05) is 5.32 Å². The number of hydrogen-bond donors (Lipinski definition) is 4. The Hall–Kier alpha value is -2.08. The summed E-state index contributed by atoms with van der Waals surface area (Å²) in [5, 5.41) is 13.9. The van der Waals surface area contributed by atoms with Gasteiger partial charge in [0.1, 0.15) is 6.04 Å². The standard InChI is InChI=1S/C14H21N3O3/c1-9(2)8-12(13(18)17-20)16-14(19)15-11-6-4-10(3)5-7-11/h4-7,9,12,20H,8H2,1-3H3,(H,17,18)(H2,15,16,19)/t12-/m0/s1. The summed E-state index contributed by atoms with van der Waals surface area (Å²) in [5.41, 5.74) is 3.30. The molecule has 4 N–H and O–H groups in total. The van der Waals surface area contributed by atoms with E-state index >= 15 is 0 Å². The topological polar surface area (TPSA) is 90.5 Å². The first-order chi connectivity index (χ1) is 9.42. The van der Waals surface area contributed by atoms with Crippen molar-refractivity contribution < 1.29 is 14.8 Å². The highest BCUT2D eigenvalue weighted by Gasteiger charge is 2.21. The van der Waals surface area contributed by atoms with Crippen LogP contribution in [0.3, 0.4) is 0 Å². The van der Waals surface area contributed by atoms with E-state index in [2.05, 4.69) is 10.6 Å². The number of anilines is 1. The predicted molar refractivity (Wildman–Crippen MR) is 76.5 cm³/mol. The molecule has 0 unspecified atom stereocenters. The lowest BCUT2D eigenvalue weighted by atomic mass is 10.0. The van der Waals surface area contributed by atoms with Crippen molar-refractivity contribution in [3.05, 3.63) is 29.8 Å². The molecular weight excluding hydrogens is 258 g/mol. The first-order valence-corrected chi connectivity index (χ1v) is 6.50. The third-order valence-electron chi connectivity index (χ3n) is 2.75. The van der Waals surface area contributed by atoms with Crippen LogP contribution in [0, 0.1) is 12.8 Å². The Morgan fingerprint density at radius 2 is 1.80 bits per heavy atom. The molecule has 0 spiro atoms. The molecule has 1 rings (SSSR count). The van der Waals surface area contributed by atoms with E-state index in [9.17, 15) is 9.59 Å². The van der Waals surface area contributed by atoms with E-state index in [1.165, 1.54) is 0 Å². The van der Waals surface area contributed by atoms with Gasteiger partial charge in [-0.15, -0.1) is 0 Å². The zero-order valence-corrected chi connectivity index (χ0v) is 11.9. The highest BCUT2D eigenvalue weighted by molar-refractivity contribution is 5.93. The Labute approximate surface area is 118 Å². The van der Waals surface area contributed by atoms with Crippen molar-refractivity contribution in [2.45, 2.75) is 33.2 Å². The number of amides is 3. The molecule has 0 saturated carbocycles. The largest absolute Gasteiger partial charge is 0.326 e. The summed E-state index contributed by atoms with van der Waals surface area (Å²) >= 11 is 0. The summed E-state index contributed by atoms with van der Waals surface area (Å²) in [6, 6.07) is 6.05. The first kappa shape index (κ1) is 16.0. The fraction of sp³-hybridized carbons (Fsp3) is 0.429. The van der Waals surface area contributed by atoms with Crippen LogP contribution in [0.4, 0.5) is 10.5 Å². The molecule has 0 aliphatic rings. The first-order valence-electron chi connectivity index (χ1n) is 6.50. The van der Waals surface area contributed by atoms with Crippen molar-refractivity contribution in [3.63, 3.8) is 0 Å². The molecular formula is C14H21N3O3. The average Bonchev–Trinajstić information content (AvgIpc) is 2.39. The van der Waals surface area contributed by atoms with Crippen molar-refractivity contribution in [2.24, 2.45) is 5.92 Å². The van der Waals surface area contributed by atoms with E-state index in [-0.39, 0.29) is 5.92 Å². The predicted octanol–water partition coefficient (Wildman–Crippen LogP) is 2.04. The molecule has 0 heterocycles. The minimum Gasteiger partial charge on any atom is -0.326 e. The molecule has 1 aromatic carbocycles. The van der Waals surface area contributed by atoms with Crippen LogP contribution >= 0.6 is 0 Å². The van der Waals surface area contributed by atoms with Gasteiger partial charge in [-0.2, -0.15) is 0 Å². The number of urea groups is 1. The normalized spacial score (nSPS) is 11.8. The molecule has 0 fully saturated rings. The molecule has 1 atom stereocenters. The molecule has 6 nitrogen and oxygen atoms in total. The van der Waals surface area contributed by atoms with Crippen LogP contribution in [0.15, 0.2) is 24.3 Å². The Morgan fingerprint density at radius 3 is 2.30 bits per heavy atom. The van der Waals surface area contributed by atoms with Gasteiger partial charge < -0.3 is 10.6 Å². The van der Waals surface area contributed by atoms with Gasteiger partial charge in [0.25, 0.3) is 5.91 Å². The maximum Gasteiger partial charge on any atom is 0.319 e. The maximum absolute atomic E-state index is 11.8. The zero-order chi connectivity index (χ0) is 15.1. The Morgan fingerprint density at radius 1 is 1.20 bits per heavy atom. The van der Waals surface area contributed by atoms with Crippen LogP contribution in [0.5, 0.6) is 0 Å². The highest BCUT2D eigenvalue weighted by atomic mass is 16.5. The lowest BCUT2D eigenvalue weighted by Gasteiger charge is -2.18. The van der Waals surface area contributed by atoms with Crippen molar-refractivity contribution in [1.29, 1.82) is 0 Å². The molecule has 0 aliphatic heterocycles. The van der Waals surface area contributed by atoms with Gasteiger partial charge in [-0.1, -0.05) is 31.5 Å². The monoisotopic (exact) mass is 279 g/mol. The van der Waals surface area contributed by atoms with Gasteiger partial charge in [0.05, 0.1) is 0 Å². The lowest BCUT2D eigenvalue weighted by molar-refractivity contribution is -0.131. The van der Waals surface area contributed by atoms with Gasteiger partial charge in [0.15, 0.2) is 0 Å². The summed E-state index contributed by atoms with van der Waals surface area (Å²) in [4.78, 5) is 23.3. The quantitative estimate of drug-likeness (QED) is 0.491. The Bertz CT molecular complexity index is 457. The summed E-state index contributed by atoms with van der Waals surface area (Å²) in [6.45, 7) is 5.81. The van der Waals surface area contributed by atoms with E-state index in [0.717, 1.165) is 5.56 Å². The molecule has 0 radical (unpaired) electrons. The minimum atomic E-state index is -0.773. The van der Waals surface area contributed by atoms with Crippen molar-refractivity contribution in [3.8, 4) is 0 Å². The van der Waals surface area contributed by atoms with Gasteiger partial charge in [-0.3, -0.25) is 10.0 Å². The third kappa shape index (κ3) is 5.27. The number of benzene rings is 1. The Kier molecular flexibility index (Phi) is 5.99. The molecule has 0 aromatic heterocycles. The second-order valence-electron chi connectivity index (χ2n) is 5.12. The molecule has 6 heteroatoms. The van der Waals surface area contributed by atoms with E-state index in [4.69, 9.17) is 5.21 Å². The van der Waals surface area contributed by atoms with Crippen LogP contribution in [0.25, 0.3) is 0 Å². The van der Waals surface area contributed by atoms with Gasteiger partial charge >= 0.3 is 6.03 Å². The number of aryl methyl sites for hydroxylation is 1. The molecule has 20 heavy (non-hydrogen) atoms. The number of hydroxylamine groups is 1.